The number of oxime groups is 1. The summed E-state index contributed by atoms with van der Waals surface area (Å²) in [7, 11) is 0. The maximum absolute atomic E-state index is 15.3. The molecule has 220 valence electrons. The smallest absolute Gasteiger partial charge is 0.336 e. The van der Waals surface area contributed by atoms with Gasteiger partial charge in [-0.2, -0.15) is 8.78 Å². The van der Waals surface area contributed by atoms with Crippen LogP contribution in [-0.2, 0) is 9.57 Å². The SMILES string of the molecule is C#CC(F)(F)[C@]1(O)CC[C@H]2[C@@H]3CCC4=CC(=NOCCOCCO)CCC4=C3[C@@H](c3ccc(C4CC4)cc3)C[C@@]21C. The number of aliphatic hydroxyl groups is 2. The lowest BCUT2D eigenvalue weighted by Gasteiger charge is -2.55. The number of halogens is 2. The van der Waals surface area contributed by atoms with Gasteiger partial charge in [0.2, 0.25) is 0 Å². The summed E-state index contributed by atoms with van der Waals surface area (Å²) in [6.07, 6.45) is 14.3. The number of hydrogen-bond acceptors (Lipinski definition) is 5. The van der Waals surface area contributed by atoms with E-state index in [1.165, 1.54) is 35.1 Å². The number of alkyl halides is 2. The van der Waals surface area contributed by atoms with E-state index in [0.29, 0.717) is 32.0 Å². The van der Waals surface area contributed by atoms with Crippen molar-refractivity contribution in [3.05, 3.63) is 58.2 Å². The number of benzene rings is 1. The van der Waals surface area contributed by atoms with Crippen molar-refractivity contribution in [2.45, 2.75) is 88.1 Å². The van der Waals surface area contributed by atoms with Gasteiger partial charge in [0.05, 0.1) is 25.5 Å². The van der Waals surface area contributed by atoms with Crippen LogP contribution in [-0.4, -0.2) is 53.9 Å². The van der Waals surface area contributed by atoms with Gasteiger partial charge in [-0.3, -0.25) is 0 Å². The third-order valence-electron chi connectivity index (χ3n) is 10.7. The molecule has 0 amide bonds. The Labute approximate surface area is 241 Å². The molecule has 6 rings (SSSR count). The highest BCUT2D eigenvalue weighted by atomic mass is 19.3. The molecule has 1 aromatic carbocycles. The van der Waals surface area contributed by atoms with Crippen molar-refractivity contribution >= 4 is 5.71 Å². The summed E-state index contributed by atoms with van der Waals surface area (Å²) in [5.74, 6) is -1.23. The summed E-state index contributed by atoms with van der Waals surface area (Å²) < 4.78 is 35.9. The van der Waals surface area contributed by atoms with Crippen LogP contribution < -0.4 is 0 Å². The quantitative estimate of drug-likeness (QED) is 0.210. The van der Waals surface area contributed by atoms with E-state index in [1.54, 1.807) is 5.92 Å². The first-order valence-electron chi connectivity index (χ1n) is 15.2. The predicted octanol–water partition coefficient (Wildman–Crippen LogP) is 6.28. The largest absolute Gasteiger partial charge is 0.394 e. The van der Waals surface area contributed by atoms with Crippen molar-refractivity contribution in [3.8, 4) is 12.3 Å². The van der Waals surface area contributed by atoms with E-state index < -0.39 is 16.9 Å². The molecule has 3 saturated carbocycles. The highest BCUT2D eigenvalue weighted by molar-refractivity contribution is 5.97. The molecule has 1 aromatic rings. The normalized spacial score (nSPS) is 34.0. The summed E-state index contributed by atoms with van der Waals surface area (Å²) >= 11 is 0. The van der Waals surface area contributed by atoms with E-state index in [-0.39, 0.29) is 37.4 Å². The molecule has 0 bridgehead atoms. The second-order valence-electron chi connectivity index (χ2n) is 12.8. The molecule has 0 unspecified atom stereocenters. The van der Waals surface area contributed by atoms with Crippen LogP contribution in [0.2, 0.25) is 0 Å². The number of aliphatic hydroxyl groups excluding tert-OH is 1. The number of hydrogen-bond donors (Lipinski definition) is 2. The van der Waals surface area contributed by atoms with Gasteiger partial charge in [0, 0.05) is 11.3 Å². The highest BCUT2D eigenvalue weighted by Gasteiger charge is 2.71. The lowest BCUT2D eigenvalue weighted by molar-refractivity contribution is -0.209. The third kappa shape index (κ3) is 4.86. The van der Waals surface area contributed by atoms with E-state index in [2.05, 4.69) is 35.5 Å². The molecular formula is C34H41F2NO4. The number of allylic oxidation sites excluding steroid dienone is 4. The fourth-order valence-corrected chi connectivity index (χ4v) is 8.49. The second kappa shape index (κ2) is 10.9. The number of rotatable bonds is 9. The molecule has 0 aliphatic heterocycles. The molecule has 41 heavy (non-hydrogen) atoms. The van der Waals surface area contributed by atoms with Crippen molar-refractivity contribution in [3.63, 3.8) is 0 Å². The summed E-state index contributed by atoms with van der Waals surface area (Å²) in [5, 5.41) is 24.9. The van der Waals surface area contributed by atoms with E-state index >= 15 is 8.78 Å². The van der Waals surface area contributed by atoms with Crippen LogP contribution in [0, 0.1) is 29.6 Å². The molecule has 0 radical (unpaired) electrons. The van der Waals surface area contributed by atoms with Crippen LogP contribution in [0.1, 0.15) is 87.7 Å². The van der Waals surface area contributed by atoms with Crippen LogP contribution in [0.5, 0.6) is 0 Å². The average molecular weight is 566 g/mol. The van der Waals surface area contributed by atoms with E-state index in [0.717, 1.165) is 37.0 Å². The maximum atomic E-state index is 15.3. The van der Waals surface area contributed by atoms with Crippen molar-refractivity contribution in [2.24, 2.45) is 22.4 Å². The second-order valence-corrected chi connectivity index (χ2v) is 12.8. The predicted molar refractivity (Wildman–Crippen MR) is 154 cm³/mol. The Morgan fingerprint density at radius 1 is 1.05 bits per heavy atom. The van der Waals surface area contributed by atoms with Crippen LogP contribution in [0.25, 0.3) is 0 Å². The molecule has 7 heteroatoms. The Hall–Kier alpha value is -2.53. The lowest BCUT2D eigenvalue weighted by Crippen LogP contribution is -2.60. The minimum absolute atomic E-state index is 0.0175. The molecular weight excluding hydrogens is 524 g/mol. The Morgan fingerprint density at radius 2 is 1.80 bits per heavy atom. The zero-order chi connectivity index (χ0) is 28.8. The molecule has 0 saturated heterocycles. The molecule has 0 aromatic heterocycles. The Balaban J connectivity index is 1.36. The molecule has 5 aliphatic carbocycles. The van der Waals surface area contributed by atoms with Crippen molar-refractivity contribution in [2.75, 3.05) is 26.4 Å². The van der Waals surface area contributed by atoms with Crippen LogP contribution in [0.3, 0.4) is 0 Å². The standard InChI is InChI=1S/C34H41F2NO4/c1-3-34(35,36)33(39)15-14-30-28-12-10-25-20-26(37-41-19-18-40-17-16-38)11-13-27(25)31(28)29(21-32(30,33)2)24-8-6-23(7-9-24)22-4-5-22/h1,6-9,20,22,28-30,38-39H,4-5,10-19,21H2,2H3/t28-,29+,30-,32-,33-/m0/s1. The minimum atomic E-state index is -3.58. The zero-order valence-electron chi connectivity index (χ0n) is 23.9. The fraction of sp³-hybridized carbons (Fsp3) is 0.618. The van der Waals surface area contributed by atoms with Gasteiger partial charge in [0.1, 0.15) is 12.2 Å². The first-order chi connectivity index (χ1) is 19.7. The maximum Gasteiger partial charge on any atom is 0.336 e. The highest BCUT2D eigenvalue weighted by Crippen LogP contribution is 2.69. The summed E-state index contributed by atoms with van der Waals surface area (Å²) in [5.41, 5.74) is 4.19. The minimum Gasteiger partial charge on any atom is -0.394 e. The molecule has 5 atom stereocenters. The molecule has 5 aliphatic rings. The van der Waals surface area contributed by atoms with Gasteiger partial charge in [-0.15, -0.1) is 6.42 Å². The average Bonchev–Trinajstić information content (AvgIpc) is 3.79. The van der Waals surface area contributed by atoms with Gasteiger partial charge in [-0.05, 0) is 110 Å². The number of fused-ring (bicyclic) bond motifs is 4. The van der Waals surface area contributed by atoms with Gasteiger partial charge >= 0.3 is 5.92 Å². The van der Waals surface area contributed by atoms with Gasteiger partial charge in [-0.25, -0.2) is 0 Å². The lowest BCUT2D eigenvalue weighted by atomic mass is 9.50. The van der Waals surface area contributed by atoms with E-state index in [9.17, 15) is 5.11 Å². The number of nitrogens with zero attached hydrogens (tertiary/aromatic N) is 1. The first-order valence-corrected chi connectivity index (χ1v) is 15.2. The summed E-state index contributed by atoms with van der Waals surface area (Å²) in [4.78, 5) is 5.47. The van der Waals surface area contributed by atoms with Crippen LogP contribution >= 0.6 is 0 Å². The van der Waals surface area contributed by atoms with Gasteiger partial charge in [0.25, 0.3) is 0 Å². The van der Waals surface area contributed by atoms with Crippen LogP contribution in [0.15, 0.2) is 52.2 Å². The molecule has 3 fully saturated rings. The Kier molecular flexibility index (Phi) is 7.63. The molecule has 0 heterocycles. The third-order valence-corrected chi connectivity index (χ3v) is 10.7. The summed E-state index contributed by atoms with van der Waals surface area (Å²) in [6, 6.07) is 8.82. The zero-order valence-corrected chi connectivity index (χ0v) is 23.9. The molecule has 0 spiro atoms. The Morgan fingerprint density at radius 3 is 2.51 bits per heavy atom. The van der Waals surface area contributed by atoms with Crippen molar-refractivity contribution < 1.29 is 28.6 Å². The van der Waals surface area contributed by atoms with Crippen LogP contribution in [0.4, 0.5) is 8.78 Å². The van der Waals surface area contributed by atoms with E-state index in [1.807, 2.05) is 6.92 Å². The molecule has 5 nitrogen and oxygen atoms in total. The van der Waals surface area contributed by atoms with Crippen molar-refractivity contribution in [1.29, 1.82) is 0 Å². The fourth-order valence-electron chi connectivity index (χ4n) is 8.49. The first kappa shape index (κ1) is 28.6. The summed E-state index contributed by atoms with van der Waals surface area (Å²) in [6.45, 7) is 2.84. The monoisotopic (exact) mass is 565 g/mol. The number of ether oxygens (including phenoxy) is 1. The number of terminal acetylenes is 1. The van der Waals surface area contributed by atoms with Gasteiger partial charge in [-0.1, -0.05) is 41.9 Å². The Bertz CT molecular complexity index is 1290. The van der Waals surface area contributed by atoms with Crippen molar-refractivity contribution in [1.82, 2.24) is 0 Å². The van der Waals surface area contributed by atoms with E-state index in [4.69, 9.17) is 21.1 Å². The van der Waals surface area contributed by atoms with Gasteiger partial charge in [0.15, 0.2) is 0 Å². The van der Waals surface area contributed by atoms with Gasteiger partial charge < -0.3 is 19.8 Å². The molecule has 2 N–H and O–H groups in total. The topological polar surface area (TPSA) is 71.3 Å².